The number of hydrogen-bond acceptors (Lipinski definition) is 4. The predicted octanol–water partition coefficient (Wildman–Crippen LogP) is 2.88. The molecule has 1 atom stereocenters. The molecule has 2 aromatic carbocycles. The molecule has 0 aliphatic carbocycles. The van der Waals surface area contributed by atoms with Crippen molar-refractivity contribution in [3.8, 4) is 5.75 Å². The zero-order valence-electron chi connectivity index (χ0n) is 15.5. The maximum atomic E-state index is 13.3. The van der Waals surface area contributed by atoms with Crippen LogP contribution in [0.4, 0.5) is 0 Å². The van der Waals surface area contributed by atoms with Crippen molar-refractivity contribution in [1.82, 2.24) is 4.90 Å². The summed E-state index contributed by atoms with van der Waals surface area (Å²) in [6.07, 6.45) is 2.28. The summed E-state index contributed by atoms with van der Waals surface area (Å²) in [7, 11) is 0.196. The van der Waals surface area contributed by atoms with Crippen LogP contribution in [0.1, 0.15) is 17.5 Å². The van der Waals surface area contributed by atoms with Crippen LogP contribution in [0.5, 0.6) is 5.75 Å². The van der Waals surface area contributed by atoms with Crippen LogP contribution in [0, 0.1) is 0 Å². The van der Waals surface area contributed by atoms with Gasteiger partial charge in [-0.3, -0.25) is 4.79 Å². The van der Waals surface area contributed by atoms with Gasteiger partial charge in [0.1, 0.15) is 5.75 Å². The van der Waals surface area contributed by atoms with Crippen molar-refractivity contribution in [2.45, 2.75) is 12.5 Å². The molecule has 3 rings (SSSR count). The number of para-hydroxylation sites is 1. The Hall–Kier alpha value is -2.60. The highest BCUT2D eigenvalue weighted by Crippen LogP contribution is 2.27. The SMILES string of the molecule is COc1ccccc1/C=C(/C(=O)N(C)C1CCS(=O)(=O)C1)c1ccccc1. The van der Waals surface area contributed by atoms with Crippen molar-refractivity contribution in [1.29, 1.82) is 0 Å². The summed E-state index contributed by atoms with van der Waals surface area (Å²) in [5.74, 6) is 0.622. The van der Waals surface area contributed by atoms with Crippen LogP contribution in [-0.4, -0.2) is 50.9 Å². The molecule has 5 nitrogen and oxygen atoms in total. The fraction of sp³-hybridized carbons (Fsp3) is 0.286. The molecule has 142 valence electrons. The van der Waals surface area contributed by atoms with Crippen molar-refractivity contribution in [3.05, 3.63) is 65.7 Å². The van der Waals surface area contributed by atoms with Crippen LogP contribution >= 0.6 is 0 Å². The quantitative estimate of drug-likeness (QED) is 0.586. The van der Waals surface area contributed by atoms with Gasteiger partial charge in [0.2, 0.25) is 0 Å². The van der Waals surface area contributed by atoms with Crippen LogP contribution in [0.2, 0.25) is 0 Å². The number of likely N-dealkylation sites (N-methyl/N-ethyl adjacent to an activating group) is 1. The van der Waals surface area contributed by atoms with E-state index in [1.807, 2.05) is 54.6 Å². The molecule has 1 heterocycles. The highest BCUT2D eigenvalue weighted by atomic mass is 32.2. The van der Waals surface area contributed by atoms with Crippen molar-refractivity contribution >= 4 is 27.4 Å². The molecule has 6 heteroatoms. The van der Waals surface area contributed by atoms with E-state index in [4.69, 9.17) is 4.74 Å². The van der Waals surface area contributed by atoms with Gasteiger partial charge < -0.3 is 9.64 Å². The number of nitrogens with zero attached hydrogens (tertiary/aromatic N) is 1. The predicted molar refractivity (Wildman–Crippen MR) is 107 cm³/mol. The molecule has 0 bridgehead atoms. The van der Waals surface area contributed by atoms with E-state index in [1.165, 1.54) is 0 Å². The van der Waals surface area contributed by atoms with E-state index in [9.17, 15) is 13.2 Å². The number of sulfone groups is 1. The number of carbonyl (C=O) groups is 1. The van der Waals surface area contributed by atoms with Crippen LogP contribution in [-0.2, 0) is 14.6 Å². The molecule has 1 saturated heterocycles. The number of benzene rings is 2. The molecule has 1 unspecified atom stereocenters. The first kappa shape index (κ1) is 19.2. The number of ether oxygens (including phenoxy) is 1. The van der Waals surface area contributed by atoms with Crippen molar-refractivity contribution in [2.24, 2.45) is 0 Å². The summed E-state index contributed by atoms with van der Waals surface area (Å²) in [6.45, 7) is 0. The summed E-state index contributed by atoms with van der Waals surface area (Å²) in [4.78, 5) is 14.8. The van der Waals surface area contributed by atoms with Gasteiger partial charge in [0.15, 0.2) is 9.84 Å². The standard InChI is InChI=1S/C21H23NO4S/c1-22(18-12-13-27(24,25)15-18)21(23)19(16-8-4-3-5-9-16)14-17-10-6-7-11-20(17)26-2/h3-11,14,18H,12-13,15H2,1-2H3/b19-14+. The second kappa shape index (κ2) is 7.96. The summed E-state index contributed by atoms with van der Waals surface area (Å²) >= 11 is 0. The summed E-state index contributed by atoms with van der Waals surface area (Å²) in [6, 6.07) is 16.6. The van der Waals surface area contributed by atoms with Crippen LogP contribution in [0.3, 0.4) is 0 Å². The van der Waals surface area contributed by atoms with E-state index in [-0.39, 0.29) is 23.5 Å². The Balaban J connectivity index is 2.00. The Kier molecular flexibility index (Phi) is 5.65. The first-order valence-electron chi connectivity index (χ1n) is 8.79. The molecule has 0 saturated carbocycles. The number of hydrogen-bond donors (Lipinski definition) is 0. The Labute approximate surface area is 160 Å². The van der Waals surface area contributed by atoms with Crippen LogP contribution < -0.4 is 4.74 Å². The molecule has 0 spiro atoms. The van der Waals surface area contributed by atoms with Gasteiger partial charge in [-0.05, 0) is 24.1 Å². The molecule has 0 aromatic heterocycles. The Morgan fingerprint density at radius 3 is 2.41 bits per heavy atom. The molecule has 1 aliphatic heterocycles. The normalized spacial score (nSPS) is 18.9. The maximum Gasteiger partial charge on any atom is 0.254 e. The summed E-state index contributed by atoms with van der Waals surface area (Å²) in [5, 5.41) is 0. The maximum absolute atomic E-state index is 13.3. The minimum absolute atomic E-state index is 0.0198. The molecule has 0 N–H and O–H groups in total. The number of methoxy groups -OCH3 is 1. The zero-order chi connectivity index (χ0) is 19.4. The molecule has 0 radical (unpaired) electrons. The Morgan fingerprint density at radius 2 is 1.78 bits per heavy atom. The van der Waals surface area contributed by atoms with Gasteiger partial charge in [-0.1, -0.05) is 48.5 Å². The van der Waals surface area contributed by atoms with Crippen molar-refractivity contribution in [3.63, 3.8) is 0 Å². The van der Waals surface area contributed by atoms with Crippen LogP contribution in [0.15, 0.2) is 54.6 Å². The molecule has 2 aromatic rings. The zero-order valence-corrected chi connectivity index (χ0v) is 16.3. The van der Waals surface area contributed by atoms with E-state index < -0.39 is 9.84 Å². The largest absolute Gasteiger partial charge is 0.496 e. The third kappa shape index (κ3) is 4.39. The molecular formula is C21H23NO4S. The van der Waals surface area contributed by atoms with Crippen molar-refractivity contribution < 1.29 is 17.9 Å². The van der Waals surface area contributed by atoms with E-state index in [1.54, 1.807) is 25.1 Å². The highest BCUT2D eigenvalue weighted by Gasteiger charge is 2.33. The molecule has 1 fully saturated rings. The topological polar surface area (TPSA) is 63.7 Å². The average molecular weight is 385 g/mol. The van der Waals surface area contributed by atoms with Gasteiger partial charge in [0.05, 0.1) is 18.6 Å². The van der Waals surface area contributed by atoms with Gasteiger partial charge in [-0.2, -0.15) is 0 Å². The van der Waals surface area contributed by atoms with Gasteiger partial charge in [-0.15, -0.1) is 0 Å². The fourth-order valence-corrected chi connectivity index (χ4v) is 5.04. The lowest BCUT2D eigenvalue weighted by Crippen LogP contribution is -2.38. The number of rotatable bonds is 5. The highest BCUT2D eigenvalue weighted by molar-refractivity contribution is 7.91. The van der Waals surface area contributed by atoms with E-state index in [0.717, 1.165) is 11.1 Å². The van der Waals surface area contributed by atoms with E-state index in [0.29, 0.717) is 17.7 Å². The molecule has 1 amide bonds. The van der Waals surface area contributed by atoms with Gasteiger partial charge >= 0.3 is 0 Å². The Morgan fingerprint density at radius 1 is 1.11 bits per heavy atom. The first-order chi connectivity index (χ1) is 12.9. The lowest BCUT2D eigenvalue weighted by atomic mass is 10.0. The average Bonchev–Trinajstić information content (AvgIpc) is 3.05. The fourth-order valence-electron chi connectivity index (χ4n) is 3.26. The van der Waals surface area contributed by atoms with E-state index >= 15 is 0 Å². The summed E-state index contributed by atoms with van der Waals surface area (Å²) in [5.41, 5.74) is 2.08. The molecular weight excluding hydrogens is 362 g/mol. The monoisotopic (exact) mass is 385 g/mol. The van der Waals surface area contributed by atoms with Crippen LogP contribution in [0.25, 0.3) is 11.6 Å². The first-order valence-corrected chi connectivity index (χ1v) is 10.6. The van der Waals surface area contributed by atoms with Gasteiger partial charge in [0, 0.05) is 24.2 Å². The lowest BCUT2D eigenvalue weighted by Gasteiger charge is -2.25. The Bertz CT molecular complexity index is 951. The molecule has 1 aliphatic rings. The van der Waals surface area contributed by atoms with Gasteiger partial charge in [-0.25, -0.2) is 8.42 Å². The lowest BCUT2D eigenvalue weighted by molar-refractivity contribution is -0.125. The minimum Gasteiger partial charge on any atom is -0.496 e. The molecule has 27 heavy (non-hydrogen) atoms. The summed E-state index contributed by atoms with van der Waals surface area (Å²) < 4.78 is 29.0. The van der Waals surface area contributed by atoms with E-state index in [2.05, 4.69) is 0 Å². The van der Waals surface area contributed by atoms with Crippen molar-refractivity contribution in [2.75, 3.05) is 25.7 Å². The second-order valence-electron chi connectivity index (χ2n) is 6.64. The minimum atomic E-state index is -3.07. The number of amides is 1. The smallest absolute Gasteiger partial charge is 0.254 e. The third-order valence-electron chi connectivity index (χ3n) is 4.83. The van der Waals surface area contributed by atoms with Gasteiger partial charge in [0.25, 0.3) is 5.91 Å². The second-order valence-corrected chi connectivity index (χ2v) is 8.87. The number of carbonyl (C=O) groups excluding carboxylic acids is 1. The third-order valence-corrected chi connectivity index (χ3v) is 6.58.